The Morgan fingerprint density at radius 3 is 2.43 bits per heavy atom. The van der Waals surface area contributed by atoms with Gasteiger partial charge in [-0.1, -0.05) is 32.4 Å². The Bertz CT molecular complexity index is 576. The lowest BCUT2D eigenvalue weighted by atomic mass is 9.75. The Morgan fingerprint density at radius 1 is 1.29 bits per heavy atom. The Balaban J connectivity index is 2.11. The maximum absolute atomic E-state index is 12.4. The topological polar surface area (TPSA) is 66.4 Å². The molecule has 4 nitrogen and oxygen atoms in total. The van der Waals surface area contributed by atoms with E-state index in [0.29, 0.717) is 5.56 Å². The van der Waals surface area contributed by atoms with Gasteiger partial charge >= 0.3 is 0 Å². The molecule has 2 unspecified atom stereocenters. The van der Waals surface area contributed by atoms with Gasteiger partial charge < -0.3 is 5.11 Å². The van der Waals surface area contributed by atoms with Crippen LogP contribution in [0.25, 0.3) is 0 Å². The number of hydrogen-bond acceptors (Lipinski definition) is 3. The van der Waals surface area contributed by atoms with Gasteiger partial charge in [0.05, 0.1) is 11.0 Å². The summed E-state index contributed by atoms with van der Waals surface area (Å²) in [6, 6.07) is 6.43. The quantitative estimate of drug-likeness (QED) is 0.898. The van der Waals surface area contributed by atoms with Crippen molar-refractivity contribution >= 4 is 10.0 Å². The van der Waals surface area contributed by atoms with Crippen LogP contribution in [0.3, 0.4) is 0 Å². The van der Waals surface area contributed by atoms with E-state index in [-0.39, 0.29) is 16.4 Å². The van der Waals surface area contributed by atoms with Crippen molar-refractivity contribution in [3.8, 4) is 0 Å². The van der Waals surface area contributed by atoms with Crippen molar-refractivity contribution in [2.24, 2.45) is 5.41 Å². The summed E-state index contributed by atoms with van der Waals surface area (Å²) in [4.78, 5) is 0.260. The van der Waals surface area contributed by atoms with E-state index in [9.17, 15) is 13.5 Å². The lowest BCUT2D eigenvalue weighted by molar-refractivity contribution is 0.199. The van der Waals surface area contributed by atoms with E-state index in [2.05, 4.69) is 18.6 Å². The van der Waals surface area contributed by atoms with Crippen molar-refractivity contribution in [1.29, 1.82) is 0 Å². The fourth-order valence-electron chi connectivity index (χ4n) is 3.01. The molecule has 118 valence electrons. The van der Waals surface area contributed by atoms with Crippen LogP contribution in [0.15, 0.2) is 29.2 Å². The maximum atomic E-state index is 12.4. The fraction of sp³-hybridized carbons (Fsp3) is 0.625. The van der Waals surface area contributed by atoms with Crippen LogP contribution in [-0.4, -0.2) is 19.6 Å². The summed E-state index contributed by atoms with van der Waals surface area (Å²) in [6.07, 6.45) is 3.39. The molecule has 1 aromatic rings. The number of rotatable bonds is 4. The minimum atomic E-state index is -3.48. The monoisotopic (exact) mass is 311 g/mol. The standard InChI is InChI=1S/C16H25NO3S/c1-12(18)13-6-8-15(9-7-13)21(19,20)17-14-5-4-10-16(2,3)11-14/h6-9,12,14,17-18H,4-5,10-11H2,1-3H3. The molecule has 1 aromatic carbocycles. The third-order valence-electron chi connectivity index (χ3n) is 4.20. The van der Waals surface area contributed by atoms with Crippen molar-refractivity contribution in [2.75, 3.05) is 0 Å². The molecule has 2 atom stereocenters. The van der Waals surface area contributed by atoms with Crippen LogP contribution >= 0.6 is 0 Å². The number of aliphatic hydroxyl groups is 1. The van der Waals surface area contributed by atoms with Gasteiger partial charge in [0.1, 0.15) is 0 Å². The molecule has 2 N–H and O–H groups in total. The van der Waals surface area contributed by atoms with Crippen LogP contribution < -0.4 is 4.72 Å². The van der Waals surface area contributed by atoms with E-state index in [1.54, 1.807) is 31.2 Å². The molecule has 0 amide bonds. The number of hydrogen-bond donors (Lipinski definition) is 2. The zero-order chi connectivity index (χ0) is 15.7. The van der Waals surface area contributed by atoms with Gasteiger partial charge in [-0.2, -0.15) is 0 Å². The Kier molecular flexibility index (Phi) is 4.76. The largest absolute Gasteiger partial charge is 0.389 e. The van der Waals surface area contributed by atoms with Gasteiger partial charge in [-0.05, 0) is 49.3 Å². The third kappa shape index (κ3) is 4.28. The summed E-state index contributed by atoms with van der Waals surface area (Å²) in [7, 11) is -3.48. The van der Waals surface area contributed by atoms with Crippen molar-refractivity contribution in [3.63, 3.8) is 0 Å². The predicted molar refractivity (Wildman–Crippen MR) is 83.4 cm³/mol. The summed E-state index contributed by atoms with van der Waals surface area (Å²) < 4.78 is 27.7. The first kappa shape index (κ1) is 16.5. The zero-order valence-electron chi connectivity index (χ0n) is 13.0. The molecule has 1 saturated carbocycles. The van der Waals surface area contributed by atoms with Gasteiger partial charge in [-0.25, -0.2) is 13.1 Å². The van der Waals surface area contributed by atoms with Gasteiger partial charge in [0, 0.05) is 6.04 Å². The maximum Gasteiger partial charge on any atom is 0.240 e. The highest BCUT2D eigenvalue weighted by molar-refractivity contribution is 7.89. The molecular weight excluding hydrogens is 286 g/mol. The van der Waals surface area contributed by atoms with Crippen molar-refractivity contribution in [1.82, 2.24) is 4.72 Å². The molecule has 0 radical (unpaired) electrons. The van der Waals surface area contributed by atoms with Crippen LogP contribution in [-0.2, 0) is 10.0 Å². The minimum absolute atomic E-state index is 0.00944. The molecule has 1 aliphatic rings. The zero-order valence-corrected chi connectivity index (χ0v) is 13.8. The second-order valence-electron chi connectivity index (χ2n) is 6.82. The summed E-state index contributed by atoms with van der Waals surface area (Å²) >= 11 is 0. The minimum Gasteiger partial charge on any atom is -0.389 e. The van der Waals surface area contributed by atoms with E-state index < -0.39 is 16.1 Å². The molecule has 0 aliphatic heterocycles. The van der Waals surface area contributed by atoms with E-state index in [1.165, 1.54) is 0 Å². The van der Waals surface area contributed by atoms with Crippen molar-refractivity contribution in [2.45, 2.75) is 63.5 Å². The molecule has 0 heterocycles. The molecule has 5 heteroatoms. The molecule has 1 aliphatic carbocycles. The Hall–Kier alpha value is -0.910. The van der Waals surface area contributed by atoms with Crippen LogP contribution in [0.5, 0.6) is 0 Å². The summed E-state index contributed by atoms with van der Waals surface area (Å²) in [5.41, 5.74) is 0.912. The first-order valence-electron chi connectivity index (χ1n) is 7.50. The van der Waals surface area contributed by atoms with Crippen LogP contribution in [0.2, 0.25) is 0 Å². The highest BCUT2D eigenvalue weighted by Crippen LogP contribution is 2.35. The van der Waals surface area contributed by atoms with Crippen LogP contribution in [0, 0.1) is 5.41 Å². The molecule has 0 saturated heterocycles. The smallest absolute Gasteiger partial charge is 0.240 e. The van der Waals surface area contributed by atoms with Gasteiger partial charge in [0.15, 0.2) is 0 Å². The molecule has 0 bridgehead atoms. The molecule has 2 rings (SSSR count). The van der Waals surface area contributed by atoms with Gasteiger partial charge in [0.25, 0.3) is 0 Å². The number of sulfonamides is 1. The summed E-state index contributed by atoms with van der Waals surface area (Å²) in [5.74, 6) is 0. The highest BCUT2D eigenvalue weighted by atomic mass is 32.2. The summed E-state index contributed by atoms with van der Waals surface area (Å²) in [6.45, 7) is 6.03. The molecule has 1 fully saturated rings. The van der Waals surface area contributed by atoms with E-state index >= 15 is 0 Å². The van der Waals surface area contributed by atoms with E-state index in [0.717, 1.165) is 25.7 Å². The van der Waals surface area contributed by atoms with Gasteiger partial charge in [-0.15, -0.1) is 0 Å². The molecular formula is C16H25NO3S. The van der Waals surface area contributed by atoms with Gasteiger partial charge in [-0.3, -0.25) is 0 Å². The van der Waals surface area contributed by atoms with Crippen LogP contribution in [0.1, 0.15) is 58.1 Å². The predicted octanol–water partition coefficient (Wildman–Crippen LogP) is 2.99. The fourth-order valence-corrected chi connectivity index (χ4v) is 4.28. The Labute approximate surface area is 127 Å². The van der Waals surface area contributed by atoms with E-state index in [4.69, 9.17) is 0 Å². The van der Waals surface area contributed by atoms with Crippen molar-refractivity contribution < 1.29 is 13.5 Å². The normalized spacial score (nSPS) is 23.7. The molecule has 0 spiro atoms. The lowest BCUT2D eigenvalue weighted by Crippen LogP contribution is -2.40. The third-order valence-corrected chi connectivity index (χ3v) is 5.74. The SMILES string of the molecule is CC(O)c1ccc(S(=O)(=O)NC2CCCC(C)(C)C2)cc1. The second kappa shape index (κ2) is 6.07. The lowest BCUT2D eigenvalue weighted by Gasteiger charge is -2.35. The number of aliphatic hydroxyl groups excluding tert-OH is 1. The van der Waals surface area contributed by atoms with E-state index in [1.807, 2.05) is 0 Å². The van der Waals surface area contributed by atoms with Crippen molar-refractivity contribution in [3.05, 3.63) is 29.8 Å². The number of nitrogens with one attached hydrogen (secondary N) is 1. The first-order valence-corrected chi connectivity index (χ1v) is 8.98. The second-order valence-corrected chi connectivity index (χ2v) is 8.54. The first-order chi connectivity index (χ1) is 9.70. The van der Waals surface area contributed by atoms with Gasteiger partial charge in [0.2, 0.25) is 10.0 Å². The molecule has 0 aromatic heterocycles. The average molecular weight is 311 g/mol. The highest BCUT2D eigenvalue weighted by Gasteiger charge is 2.30. The number of benzene rings is 1. The average Bonchev–Trinajstić information content (AvgIpc) is 2.37. The Morgan fingerprint density at radius 2 is 1.90 bits per heavy atom. The molecule has 21 heavy (non-hydrogen) atoms. The summed E-state index contributed by atoms with van der Waals surface area (Å²) in [5, 5.41) is 9.47. The van der Waals surface area contributed by atoms with Crippen LogP contribution in [0.4, 0.5) is 0 Å².